The van der Waals surface area contributed by atoms with Crippen molar-refractivity contribution in [3.63, 3.8) is 0 Å². The zero-order valence-corrected chi connectivity index (χ0v) is 11.0. The minimum atomic E-state index is 1.33. The highest BCUT2D eigenvalue weighted by molar-refractivity contribution is 7.69. The van der Waals surface area contributed by atoms with Gasteiger partial charge >= 0.3 is 0 Å². The molecule has 1 saturated heterocycles. The summed E-state index contributed by atoms with van der Waals surface area (Å²) in [5.41, 5.74) is 5.57. The fourth-order valence-electron chi connectivity index (χ4n) is 1.88. The second-order valence-electron chi connectivity index (χ2n) is 3.80. The van der Waals surface area contributed by atoms with Crippen LogP contribution in [0.15, 0.2) is 60.7 Å². The van der Waals surface area contributed by atoms with E-state index in [0.29, 0.717) is 0 Å². The van der Waals surface area contributed by atoms with Gasteiger partial charge in [-0.05, 0) is 11.1 Å². The Balaban J connectivity index is 1.91. The molecule has 0 nitrogen and oxygen atoms in total. The van der Waals surface area contributed by atoms with Gasteiger partial charge in [0.25, 0.3) is 0 Å². The summed E-state index contributed by atoms with van der Waals surface area (Å²) in [7, 11) is 2.67. The molecule has 81 valence electrons. The molecule has 0 N–H and O–H groups in total. The van der Waals surface area contributed by atoms with Crippen LogP contribution in [0.25, 0.3) is 0 Å². The molecular formula is C15H11P2. The van der Waals surface area contributed by atoms with Crippen LogP contribution in [-0.2, 0) is 0 Å². The lowest BCUT2D eigenvalue weighted by Gasteiger charge is -2.17. The zero-order chi connectivity index (χ0) is 11.5. The molecular weight excluding hydrogens is 242 g/mol. The Kier molecular flexibility index (Phi) is 3.55. The molecule has 0 spiro atoms. The Morgan fingerprint density at radius 3 is 1.35 bits per heavy atom. The third-order valence-electron chi connectivity index (χ3n) is 2.69. The molecule has 0 amide bonds. The van der Waals surface area contributed by atoms with Gasteiger partial charge in [-0.15, -0.1) is 0 Å². The molecule has 1 aliphatic rings. The molecule has 1 fully saturated rings. The second-order valence-corrected chi connectivity index (χ2v) is 6.14. The summed E-state index contributed by atoms with van der Waals surface area (Å²) < 4.78 is 0. The van der Waals surface area contributed by atoms with Crippen LogP contribution < -0.4 is 0 Å². The summed E-state index contributed by atoms with van der Waals surface area (Å²) in [4.78, 5) is 0. The van der Waals surface area contributed by atoms with Crippen LogP contribution in [0, 0.1) is 17.2 Å². The van der Waals surface area contributed by atoms with E-state index in [1.54, 1.807) is 0 Å². The van der Waals surface area contributed by atoms with E-state index < -0.39 is 0 Å². The molecule has 0 atom stereocenters. The standard InChI is InChI=1S/C15H11P2/c1-3-7-12(8-4-1)14-15(17-11-16-14)13-9-5-2-6-10-13/h1-11H. The Morgan fingerprint density at radius 2 is 0.941 bits per heavy atom. The molecule has 0 unspecified atom stereocenters. The van der Waals surface area contributed by atoms with E-state index in [9.17, 15) is 0 Å². The van der Waals surface area contributed by atoms with Crippen LogP contribution in [0.3, 0.4) is 0 Å². The van der Waals surface area contributed by atoms with E-state index in [1.807, 2.05) is 0 Å². The number of hydrogen-bond donors (Lipinski definition) is 0. The van der Waals surface area contributed by atoms with Crippen LogP contribution in [0.1, 0.15) is 11.1 Å². The maximum Gasteiger partial charge on any atom is 0.0503 e. The summed E-state index contributed by atoms with van der Waals surface area (Å²) in [5.74, 6) is 2.31. The smallest absolute Gasteiger partial charge is 0.0503 e. The molecule has 3 rings (SSSR count). The lowest BCUT2D eigenvalue weighted by atomic mass is 10.0. The SMILES string of the molecule is [CH]1[P][C](c2ccccc2)[C](c2ccccc2)[P]1. The van der Waals surface area contributed by atoms with Gasteiger partial charge in [-0.25, -0.2) is 0 Å². The van der Waals surface area contributed by atoms with Gasteiger partial charge in [0.1, 0.15) is 0 Å². The van der Waals surface area contributed by atoms with Gasteiger partial charge in [0.15, 0.2) is 0 Å². The quantitative estimate of drug-likeness (QED) is 0.647. The van der Waals surface area contributed by atoms with Crippen LogP contribution in [0.2, 0.25) is 0 Å². The minimum Gasteiger partial charge on any atom is -0.0622 e. The molecule has 0 aliphatic carbocycles. The van der Waals surface area contributed by atoms with E-state index in [4.69, 9.17) is 0 Å². The lowest BCUT2D eigenvalue weighted by Crippen LogP contribution is -2.00. The van der Waals surface area contributed by atoms with Gasteiger partial charge in [-0.1, -0.05) is 77.8 Å². The Bertz CT molecular complexity index is 421. The molecule has 2 aromatic carbocycles. The first-order valence-corrected chi connectivity index (χ1v) is 7.46. The number of rotatable bonds is 2. The van der Waals surface area contributed by atoms with Crippen molar-refractivity contribution in [1.82, 2.24) is 0 Å². The maximum absolute atomic E-state index is 2.31. The Hall–Kier alpha value is -0.700. The van der Waals surface area contributed by atoms with Gasteiger partial charge in [-0.2, -0.15) is 0 Å². The summed E-state index contributed by atoms with van der Waals surface area (Å²) >= 11 is 0. The highest BCUT2D eigenvalue weighted by atomic mass is 31.1. The van der Waals surface area contributed by atoms with Gasteiger partial charge in [0.2, 0.25) is 0 Å². The second kappa shape index (κ2) is 5.30. The highest BCUT2D eigenvalue weighted by Gasteiger charge is 2.32. The molecule has 5 radical (unpaired) electrons. The van der Waals surface area contributed by atoms with Crippen molar-refractivity contribution >= 4 is 17.2 Å². The van der Waals surface area contributed by atoms with E-state index >= 15 is 0 Å². The predicted octanol–water partition coefficient (Wildman–Crippen LogP) is 5.17. The first-order valence-electron chi connectivity index (χ1n) is 5.53. The first-order chi connectivity index (χ1) is 8.45. The van der Waals surface area contributed by atoms with E-state index in [0.717, 1.165) is 0 Å². The largest absolute Gasteiger partial charge is 0.0622 e. The fraction of sp³-hybridized carbons (Fsp3) is 0. The average molecular weight is 253 g/mol. The number of hydrogen-bond acceptors (Lipinski definition) is 0. The summed E-state index contributed by atoms with van der Waals surface area (Å²) in [6.45, 7) is 0. The summed E-state index contributed by atoms with van der Waals surface area (Å²) in [6.07, 6.45) is 0. The molecule has 0 bridgehead atoms. The maximum atomic E-state index is 2.31. The average Bonchev–Trinajstić information content (AvgIpc) is 2.90. The third-order valence-corrected chi connectivity index (χ3v) is 5.27. The van der Waals surface area contributed by atoms with Gasteiger partial charge in [0, 0.05) is 5.90 Å². The topological polar surface area (TPSA) is 0 Å². The van der Waals surface area contributed by atoms with Crippen LogP contribution >= 0.6 is 17.2 Å². The highest BCUT2D eigenvalue weighted by Crippen LogP contribution is 2.64. The van der Waals surface area contributed by atoms with Gasteiger partial charge < -0.3 is 0 Å². The Morgan fingerprint density at radius 1 is 0.529 bits per heavy atom. The zero-order valence-electron chi connectivity index (χ0n) is 9.25. The molecule has 0 aromatic heterocycles. The van der Waals surface area contributed by atoms with Crippen molar-refractivity contribution < 1.29 is 0 Å². The van der Waals surface area contributed by atoms with E-state index in [1.165, 1.54) is 39.6 Å². The van der Waals surface area contributed by atoms with Crippen molar-refractivity contribution in [2.75, 3.05) is 0 Å². The summed E-state index contributed by atoms with van der Waals surface area (Å²) in [6, 6.07) is 21.3. The van der Waals surface area contributed by atoms with Crippen LogP contribution in [-0.4, -0.2) is 0 Å². The van der Waals surface area contributed by atoms with Gasteiger partial charge in [-0.3, -0.25) is 0 Å². The first kappa shape index (κ1) is 11.4. The van der Waals surface area contributed by atoms with Crippen molar-refractivity contribution in [3.8, 4) is 0 Å². The molecule has 1 aliphatic heterocycles. The van der Waals surface area contributed by atoms with Crippen molar-refractivity contribution in [1.29, 1.82) is 0 Å². The molecule has 1 heterocycles. The van der Waals surface area contributed by atoms with Gasteiger partial charge in [0.05, 0.1) is 11.3 Å². The molecule has 17 heavy (non-hydrogen) atoms. The van der Waals surface area contributed by atoms with E-state index in [2.05, 4.69) is 66.6 Å². The molecule has 0 saturated carbocycles. The summed E-state index contributed by atoms with van der Waals surface area (Å²) in [5, 5.41) is 0. The Labute approximate surface area is 106 Å². The fourth-order valence-corrected chi connectivity index (χ4v) is 4.48. The van der Waals surface area contributed by atoms with Crippen LogP contribution in [0.5, 0.6) is 0 Å². The normalized spacial score (nSPS) is 20.2. The van der Waals surface area contributed by atoms with Crippen molar-refractivity contribution in [2.45, 2.75) is 0 Å². The lowest BCUT2D eigenvalue weighted by molar-refractivity contribution is 1.32. The predicted molar refractivity (Wildman–Crippen MR) is 75.7 cm³/mol. The third kappa shape index (κ3) is 2.44. The molecule has 2 heteroatoms. The van der Waals surface area contributed by atoms with Crippen molar-refractivity contribution in [2.24, 2.45) is 0 Å². The van der Waals surface area contributed by atoms with Crippen molar-refractivity contribution in [3.05, 3.63) is 89.0 Å². The minimum absolute atomic E-state index is 1.33. The monoisotopic (exact) mass is 253 g/mol. The number of benzene rings is 2. The molecule has 2 aromatic rings. The van der Waals surface area contributed by atoms with E-state index in [-0.39, 0.29) is 0 Å². The van der Waals surface area contributed by atoms with Crippen LogP contribution in [0.4, 0.5) is 0 Å².